The molecule has 0 aromatic heterocycles. The Kier molecular flexibility index (Phi) is 4.59. The van der Waals surface area contributed by atoms with E-state index < -0.39 is 0 Å². The minimum atomic E-state index is -0.244. The molecule has 1 aliphatic rings. The molecule has 3 atom stereocenters. The minimum absolute atomic E-state index is 0.130. The maximum atomic E-state index is 12.1. The van der Waals surface area contributed by atoms with Crippen molar-refractivity contribution in [2.24, 2.45) is 11.8 Å². The van der Waals surface area contributed by atoms with E-state index in [4.69, 9.17) is 4.74 Å². The quantitative estimate of drug-likeness (QED) is 0.744. The molecule has 1 heterocycles. The zero-order valence-corrected chi connectivity index (χ0v) is 12.1. The molecule has 1 aliphatic heterocycles. The van der Waals surface area contributed by atoms with E-state index in [1.165, 1.54) is 6.42 Å². The molecule has 0 aliphatic carbocycles. The van der Waals surface area contributed by atoms with Gasteiger partial charge in [-0.25, -0.2) is 0 Å². The first-order valence-corrected chi connectivity index (χ1v) is 6.64. The van der Waals surface area contributed by atoms with Crippen molar-refractivity contribution in [1.29, 1.82) is 0 Å². The second kappa shape index (κ2) is 5.38. The van der Waals surface area contributed by atoms with Gasteiger partial charge in [-0.15, -0.1) is 0 Å². The molecular formula is C14H27NO2. The Bertz CT molecular complexity index is 270. The number of hydrogen-bond acceptors (Lipinski definition) is 2. The number of amides is 1. The highest BCUT2D eigenvalue weighted by atomic mass is 16.5. The van der Waals surface area contributed by atoms with Crippen molar-refractivity contribution < 1.29 is 9.53 Å². The molecule has 17 heavy (non-hydrogen) atoms. The zero-order chi connectivity index (χ0) is 13.2. The van der Waals surface area contributed by atoms with Crippen molar-refractivity contribution in [3.05, 3.63) is 0 Å². The van der Waals surface area contributed by atoms with E-state index in [1.54, 1.807) is 0 Å². The molecule has 3 unspecified atom stereocenters. The molecule has 3 nitrogen and oxygen atoms in total. The minimum Gasteiger partial charge on any atom is -0.366 e. The van der Waals surface area contributed by atoms with Gasteiger partial charge in [0.15, 0.2) is 0 Å². The maximum absolute atomic E-state index is 12.1. The second-order valence-electron chi connectivity index (χ2n) is 6.51. The van der Waals surface area contributed by atoms with Gasteiger partial charge in [0.1, 0.15) is 6.61 Å². The molecule has 1 saturated heterocycles. The first kappa shape index (κ1) is 14.5. The van der Waals surface area contributed by atoms with Crippen LogP contribution in [0.4, 0.5) is 0 Å². The van der Waals surface area contributed by atoms with Crippen molar-refractivity contribution in [1.82, 2.24) is 4.90 Å². The Labute approximate surface area is 106 Å². The third-order valence-electron chi connectivity index (χ3n) is 3.55. The van der Waals surface area contributed by atoms with Crippen LogP contribution in [-0.2, 0) is 9.53 Å². The average Bonchev–Trinajstić information content (AvgIpc) is 2.19. The van der Waals surface area contributed by atoms with E-state index in [0.717, 1.165) is 6.54 Å². The Hall–Kier alpha value is -0.570. The van der Waals surface area contributed by atoms with Gasteiger partial charge in [0.05, 0.1) is 5.60 Å². The molecule has 1 rings (SSSR count). The number of likely N-dealkylation sites (tertiary alicyclic amines) is 1. The average molecular weight is 241 g/mol. The lowest BCUT2D eigenvalue weighted by atomic mass is 9.86. The predicted molar refractivity (Wildman–Crippen MR) is 69.8 cm³/mol. The van der Waals surface area contributed by atoms with E-state index in [9.17, 15) is 4.79 Å². The number of rotatable bonds is 2. The van der Waals surface area contributed by atoms with Crippen LogP contribution in [0.3, 0.4) is 0 Å². The fourth-order valence-electron chi connectivity index (χ4n) is 2.41. The maximum Gasteiger partial charge on any atom is 0.248 e. The SMILES string of the molecule is CC1CC(C)C(C)N(C(=O)COC(C)(C)C)C1. The summed E-state index contributed by atoms with van der Waals surface area (Å²) in [6, 6.07) is 0.335. The molecular weight excluding hydrogens is 214 g/mol. The van der Waals surface area contributed by atoms with Gasteiger partial charge in [-0.2, -0.15) is 0 Å². The number of piperidine rings is 1. The lowest BCUT2D eigenvalue weighted by Gasteiger charge is -2.41. The van der Waals surface area contributed by atoms with Crippen molar-refractivity contribution in [2.75, 3.05) is 13.2 Å². The van der Waals surface area contributed by atoms with E-state index in [-0.39, 0.29) is 18.1 Å². The molecule has 0 saturated carbocycles. The fraction of sp³-hybridized carbons (Fsp3) is 0.929. The Morgan fingerprint density at radius 2 is 1.88 bits per heavy atom. The number of carbonyl (C=O) groups is 1. The molecule has 0 aromatic carbocycles. The monoisotopic (exact) mass is 241 g/mol. The summed E-state index contributed by atoms with van der Waals surface area (Å²) >= 11 is 0. The van der Waals surface area contributed by atoms with Crippen LogP contribution in [0, 0.1) is 11.8 Å². The molecule has 0 N–H and O–H groups in total. The summed E-state index contributed by atoms with van der Waals surface area (Å²) in [6.07, 6.45) is 1.21. The number of ether oxygens (including phenoxy) is 1. The summed E-state index contributed by atoms with van der Waals surface area (Å²) in [5.74, 6) is 1.31. The summed E-state index contributed by atoms with van der Waals surface area (Å²) < 4.78 is 5.57. The number of hydrogen-bond donors (Lipinski definition) is 0. The molecule has 1 fully saturated rings. The van der Waals surface area contributed by atoms with Crippen molar-refractivity contribution in [3.63, 3.8) is 0 Å². The van der Waals surface area contributed by atoms with Crippen molar-refractivity contribution >= 4 is 5.91 Å². The molecule has 0 aromatic rings. The molecule has 100 valence electrons. The highest BCUT2D eigenvalue weighted by Gasteiger charge is 2.32. The van der Waals surface area contributed by atoms with Gasteiger partial charge >= 0.3 is 0 Å². The fourth-order valence-corrected chi connectivity index (χ4v) is 2.41. The number of nitrogens with zero attached hydrogens (tertiary/aromatic N) is 1. The smallest absolute Gasteiger partial charge is 0.248 e. The lowest BCUT2D eigenvalue weighted by Crippen LogP contribution is -2.50. The highest BCUT2D eigenvalue weighted by molar-refractivity contribution is 5.78. The third kappa shape index (κ3) is 4.30. The third-order valence-corrected chi connectivity index (χ3v) is 3.55. The van der Waals surface area contributed by atoms with Gasteiger partial charge < -0.3 is 9.64 Å². The van der Waals surface area contributed by atoms with Crippen LogP contribution in [0.2, 0.25) is 0 Å². The van der Waals surface area contributed by atoms with E-state index in [1.807, 2.05) is 25.7 Å². The van der Waals surface area contributed by atoms with Crippen molar-refractivity contribution in [2.45, 2.75) is 59.6 Å². The van der Waals surface area contributed by atoms with Crippen molar-refractivity contribution in [3.8, 4) is 0 Å². The first-order chi connectivity index (χ1) is 7.70. The van der Waals surface area contributed by atoms with Gasteiger partial charge in [0.25, 0.3) is 0 Å². The van der Waals surface area contributed by atoms with Gasteiger partial charge in [-0.1, -0.05) is 13.8 Å². The van der Waals surface area contributed by atoms with Crippen LogP contribution in [-0.4, -0.2) is 35.6 Å². The standard InChI is InChI=1S/C14H27NO2/c1-10-7-11(2)12(3)15(8-10)13(16)9-17-14(4,5)6/h10-12H,7-9H2,1-6H3. The van der Waals surface area contributed by atoms with Gasteiger partial charge in [0.2, 0.25) is 5.91 Å². The van der Waals surface area contributed by atoms with Crippen LogP contribution in [0.1, 0.15) is 48.0 Å². The predicted octanol–water partition coefficient (Wildman–Crippen LogP) is 2.69. The van der Waals surface area contributed by atoms with Crippen LogP contribution in [0.5, 0.6) is 0 Å². The van der Waals surface area contributed by atoms with Gasteiger partial charge in [-0.05, 0) is 46.0 Å². The Morgan fingerprint density at radius 1 is 1.29 bits per heavy atom. The van der Waals surface area contributed by atoms with E-state index in [2.05, 4.69) is 20.8 Å². The Balaban J connectivity index is 2.55. The first-order valence-electron chi connectivity index (χ1n) is 6.64. The summed E-state index contributed by atoms with van der Waals surface area (Å²) in [5, 5.41) is 0. The van der Waals surface area contributed by atoms with E-state index in [0.29, 0.717) is 17.9 Å². The number of carbonyl (C=O) groups excluding carboxylic acids is 1. The molecule has 3 heteroatoms. The lowest BCUT2D eigenvalue weighted by molar-refractivity contribution is -0.146. The second-order valence-corrected chi connectivity index (χ2v) is 6.51. The zero-order valence-electron chi connectivity index (χ0n) is 12.1. The molecule has 1 amide bonds. The van der Waals surface area contributed by atoms with Gasteiger partial charge in [0, 0.05) is 12.6 Å². The normalized spacial score (nSPS) is 30.5. The Morgan fingerprint density at radius 3 is 2.41 bits per heavy atom. The van der Waals surface area contributed by atoms with Crippen LogP contribution in [0.15, 0.2) is 0 Å². The van der Waals surface area contributed by atoms with E-state index >= 15 is 0 Å². The summed E-state index contributed by atoms with van der Waals surface area (Å²) in [6.45, 7) is 13.6. The highest BCUT2D eigenvalue weighted by Crippen LogP contribution is 2.27. The molecule has 0 spiro atoms. The topological polar surface area (TPSA) is 29.5 Å². The summed E-state index contributed by atoms with van der Waals surface area (Å²) in [7, 11) is 0. The summed E-state index contributed by atoms with van der Waals surface area (Å²) in [4.78, 5) is 14.1. The molecule has 0 bridgehead atoms. The van der Waals surface area contributed by atoms with Crippen LogP contribution in [0.25, 0.3) is 0 Å². The van der Waals surface area contributed by atoms with Crippen LogP contribution < -0.4 is 0 Å². The van der Waals surface area contributed by atoms with Gasteiger partial charge in [-0.3, -0.25) is 4.79 Å². The molecule has 0 radical (unpaired) electrons. The summed E-state index contributed by atoms with van der Waals surface area (Å²) in [5.41, 5.74) is -0.244. The largest absolute Gasteiger partial charge is 0.366 e. The van der Waals surface area contributed by atoms with Crippen LogP contribution >= 0.6 is 0 Å².